The van der Waals surface area contributed by atoms with E-state index in [0.29, 0.717) is 0 Å². The zero-order valence-corrected chi connectivity index (χ0v) is 13.7. The Morgan fingerprint density at radius 3 is 2.68 bits per heavy atom. The van der Waals surface area contributed by atoms with Crippen LogP contribution in [0.15, 0.2) is 60.1 Å². The molecule has 0 radical (unpaired) electrons. The van der Waals surface area contributed by atoms with Crippen molar-refractivity contribution in [1.82, 2.24) is 10.3 Å². The zero-order valence-electron chi connectivity index (χ0n) is 12.9. The summed E-state index contributed by atoms with van der Waals surface area (Å²) in [4.78, 5) is 17.5. The van der Waals surface area contributed by atoms with Crippen molar-refractivity contribution < 1.29 is 18.0 Å². The normalized spacial score (nSPS) is 11.3. The molecule has 3 aromatic rings. The van der Waals surface area contributed by atoms with Crippen LogP contribution in [0, 0.1) is 0 Å². The van der Waals surface area contributed by atoms with Gasteiger partial charge in [0.15, 0.2) is 0 Å². The quantitative estimate of drug-likeness (QED) is 0.727. The first-order valence-electron chi connectivity index (χ1n) is 7.38. The van der Waals surface area contributed by atoms with Crippen molar-refractivity contribution in [2.24, 2.45) is 0 Å². The summed E-state index contributed by atoms with van der Waals surface area (Å²) in [7, 11) is 0. The van der Waals surface area contributed by atoms with E-state index in [4.69, 9.17) is 0 Å². The summed E-state index contributed by atoms with van der Waals surface area (Å²) in [5, 5.41) is 4.58. The van der Waals surface area contributed by atoms with E-state index in [1.807, 2.05) is 23.6 Å². The molecule has 0 aliphatic heterocycles. The van der Waals surface area contributed by atoms with Crippen molar-refractivity contribution >= 4 is 17.2 Å². The highest BCUT2D eigenvalue weighted by atomic mass is 32.1. The molecule has 2 heterocycles. The monoisotopic (exact) mass is 362 g/mol. The maximum Gasteiger partial charge on any atom is 0.416 e. The lowest BCUT2D eigenvalue weighted by atomic mass is 10.1. The van der Waals surface area contributed by atoms with Crippen LogP contribution in [-0.2, 0) is 12.7 Å². The van der Waals surface area contributed by atoms with Gasteiger partial charge in [-0.2, -0.15) is 13.2 Å². The van der Waals surface area contributed by atoms with Gasteiger partial charge in [0.25, 0.3) is 5.91 Å². The van der Waals surface area contributed by atoms with E-state index in [2.05, 4.69) is 10.3 Å². The number of benzene rings is 1. The van der Waals surface area contributed by atoms with Crippen molar-refractivity contribution in [2.75, 3.05) is 0 Å². The molecule has 0 saturated carbocycles. The molecule has 2 aromatic heterocycles. The molecule has 0 fully saturated rings. The Hall–Kier alpha value is -2.67. The summed E-state index contributed by atoms with van der Waals surface area (Å²) in [5.41, 5.74) is 0.671. The van der Waals surface area contributed by atoms with Crippen LogP contribution in [0.4, 0.5) is 13.2 Å². The molecule has 0 aliphatic carbocycles. The lowest BCUT2D eigenvalue weighted by molar-refractivity contribution is -0.137. The number of amides is 1. The van der Waals surface area contributed by atoms with Gasteiger partial charge < -0.3 is 5.32 Å². The standard InChI is InChI=1S/C18H13F3N2OS/c19-18(20,21)14-6-1-4-12(10-14)17(24)23-11-13-5-2-8-22-16(13)15-7-3-9-25-15/h1-10H,11H2,(H,23,24). The zero-order chi connectivity index (χ0) is 17.9. The molecule has 3 nitrogen and oxygen atoms in total. The molecule has 7 heteroatoms. The number of nitrogens with one attached hydrogen (secondary N) is 1. The third-order valence-corrected chi connectivity index (χ3v) is 4.41. The minimum atomic E-state index is -4.48. The first-order chi connectivity index (χ1) is 11.9. The van der Waals surface area contributed by atoms with Crippen LogP contribution in [0.5, 0.6) is 0 Å². The van der Waals surface area contributed by atoms with E-state index in [0.717, 1.165) is 28.3 Å². The van der Waals surface area contributed by atoms with Crippen molar-refractivity contribution in [2.45, 2.75) is 12.7 Å². The minimum absolute atomic E-state index is 0.0311. The van der Waals surface area contributed by atoms with E-state index in [1.165, 1.54) is 23.5 Å². The van der Waals surface area contributed by atoms with Crippen LogP contribution < -0.4 is 5.32 Å². The predicted molar refractivity (Wildman–Crippen MR) is 90.2 cm³/mol. The summed E-state index contributed by atoms with van der Waals surface area (Å²) >= 11 is 1.53. The van der Waals surface area contributed by atoms with Gasteiger partial charge in [0.05, 0.1) is 16.1 Å². The second-order valence-electron chi connectivity index (χ2n) is 5.25. The van der Waals surface area contributed by atoms with Gasteiger partial charge in [-0.25, -0.2) is 0 Å². The fourth-order valence-corrected chi connectivity index (χ4v) is 3.09. The molecule has 0 spiro atoms. The highest BCUT2D eigenvalue weighted by Crippen LogP contribution is 2.29. The fraction of sp³-hybridized carbons (Fsp3) is 0.111. The van der Waals surface area contributed by atoms with Gasteiger partial charge in [-0.05, 0) is 41.3 Å². The molecular formula is C18H13F3N2OS. The maximum atomic E-state index is 12.8. The Bertz CT molecular complexity index is 876. The summed E-state index contributed by atoms with van der Waals surface area (Å²) in [5.74, 6) is -0.563. The van der Waals surface area contributed by atoms with Crippen molar-refractivity contribution in [3.8, 4) is 10.6 Å². The predicted octanol–water partition coefficient (Wildman–Crippen LogP) is 4.76. The third-order valence-electron chi connectivity index (χ3n) is 3.54. The van der Waals surface area contributed by atoms with Crippen LogP contribution in [-0.4, -0.2) is 10.9 Å². The first-order valence-corrected chi connectivity index (χ1v) is 8.26. The highest BCUT2D eigenvalue weighted by Gasteiger charge is 2.30. The van der Waals surface area contributed by atoms with Gasteiger partial charge in [-0.1, -0.05) is 18.2 Å². The Labute approximate surface area is 146 Å². The Morgan fingerprint density at radius 1 is 1.12 bits per heavy atom. The lowest BCUT2D eigenvalue weighted by Gasteiger charge is -2.11. The number of alkyl halides is 3. The van der Waals surface area contributed by atoms with E-state index in [9.17, 15) is 18.0 Å². The highest BCUT2D eigenvalue weighted by molar-refractivity contribution is 7.13. The number of aromatic nitrogens is 1. The number of hydrogen-bond donors (Lipinski definition) is 1. The van der Waals surface area contributed by atoms with Crippen molar-refractivity contribution in [3.05, 3.63) is 76.8 Å². The number of hydrogen-bond acceptors (Lipinski definition) is 3. The number of halogens is 3. The molecule has 1 amide bonds. The average molecular weight is 362 g/mol. The van der Waals surface area contributed by atoms with E-state index in [-0.39, 0.29) is 12.1 Å². The SMILES string of the molecule is O=C(NCc1cccnc1-c1cccs1)c1cccc(C(F)(F)F)c1. The van der Waals surface area contributed by atoms with E-state index in [1.54, 1.807) is 12.3 Å². The van der Waals surface area contributed by atoms with Crippen LogP contribution in [0.3, 0.4) is 0 Å². The number of carbonyl (C=O) groups is 1. The number of carbonyl (C=O) groups excluding carboxylic acids is 1. The Balaban J connectivity index is 1.76. The first kappa shape index (κ1) is 17.2. The molecule has 0 aliphatic rings. The molecule has 0 unspecified atom stereocenters. The summed E-state index contributed by atoms with van der Waals surface area (Å²) in [6.45, 7) is 0.177. The largest absolute Gasteiger partial charge is 0.416 e. The van der Waals surface area contributed by atoms with E-state index < -0.39 is 17.6 Å². The van der Waals surface area contributed by atoms with Gasteiger partial charge in [0.2, 0.25) is 0 Å². The Kier molecular flexibility index (Phi) is 4.85. The summed E-state index contributed by atoms with van der Waals surface area (Å²) < 4.78 is 38.3. The molecular weight excluding hydrogens is 349 g/mol. The molecule has 0 saturated heterocycles. The second-order valence-corrected chi connectivity index (χ2v) is 6.20. The van der Waals surface area contributed by atoms with Gasteiger partial charge >= 0.3 is 6.18 Å². The van der Waals surface area contributed by atoms with Crippen LogP contribution in [0.1, 0.15) is 21.5 Å². The average Bonchev–Trinajstić information content (AvgIpc) is 3.14. The van der Waals surface area contributed by atoms with Gasteiger partial charge in [0.1, 0.15) is 0 Å². The third kappa shape index (κ3) is 4.06. The number of nitrogens with zero attached hydrogens (tertiary/aromatic N) is 1. The maximum absolute atomic E-state index is 12.8. The summed E-state index contributed by atoms with van der Waals surface area (Å²) in [6.07, 6.45) is -2.82. The fourth-order valence-electron chi connectivity index (χ4n) is 2.33. The Morgan fingerprint density at radius 2 is 1.96 bits per heavy atom. The number of thiophene rings is 1. The molecule has 25 heavy (non-hydrogen) atoms. The molecule has 0 bridgehead atoms. The molecule has 0 atom stereocenters. The van der Waals surface area contributed by atoms with Crippen LogP contribution >= 0.6 is 11.3 Å². The molecule has 1 N–H and O–H groups in total. The molecule has 1 aromatic carbocycles. The summed E-state index contributed by atoms with van der Waals surface area (Å²) in [6, 6.07) is 11.8. The van der Waals surface area contributed by atoms with Gasteiger partial charge in [-0.15, -0.1) is 11.3 Å². The van der Waals surface area contributed by atoms with Crippen molar-refractivity contribution in [3.63, 3.8) is 0 Å². The van der Waals surface area contributed by atoms with Crippen molar-refractivity contribution in [1.29, 1.82) is 0 Å². The van der Waals surface area contributed by atoms with Gasteiger partial charge in [0, 0.05) is 18.3 Å². The number of rotatable bonds is 4. The smallest absolute Gasteiger partial charge is 0.348 e. The van der Waals surface area contributed by atoms with Gasteiger partial charge in [-0.3, -0.25) is 9.78 Å². The number of pyridine rings is 1. The van der Waals surface area contributed by atoms with E-state index >= 15 is 0 Å². The minimum Gasteiger partial charge on any atom is -0.348 e. The second kappa shape index (κ2) is 7.06. The molecule has 128 valence electrons. The van der Waals surface area contributed by atoms with Crippen LogP contribution in [0.2, 0.25) is 0 Å². The topological polar surface area (TPSA) is 42.0 Å². The van der Waals surface area contributed by atoms with Crippen LogP contribution in [0.25, 0.3) is 10.6 Å². The lowest BCUT2D eigenvalue weighted by Crippen LogP contribution is -2.23. The molecule has 3 rings (SSSR count).